The Hall–Kier alpha value is -4.73. The molecule has 10 heteroatoms. The summed E-state index contributed by atoms with van der Waals surface area (Å²) < 4.78 is 10.0. The topological polar surface area (TPSA) is 137 Å². The van der Waals surface area contributed by atoms with Crippen molar-refractivity contribution in [1.29, 1.82) is 0 Å². The van der Waals surface area contributed by atoms with Gasteiger partial charge in [0.05, 0.1) is 29.7 Å². The lowest BCUT2D eigenvalue weighted by molar-refractivity contribution is 0.0199. The highest BCUT2D eigenvalue weighted by Gasteiger charge is 2.27. The van der Waals surface area contributed by atoms with Crippen molar-refractivity contribution in [2.45, 2.75) is 18.9 Å². The van der Waals surface area contributed by atoms with Gasteiger partial charge in [0.15, 0.2) is 11.5 Å². The fourth-order valence-electron chi connectivity index (χ4n) is 4.61. The predicted octanol–water partition coefficient (Wildman–Crippen LogP) is 4.68. The number of benzene rings is 3. The number of rotatable bonds is 4. The zero-order valence-corrected chi connectivity index (χ0v) is 20.0. The maximum absolute atomic E-state index is 13.1. The third-order valence-corrected chi connectivity index (χ3v) is 6.56. The molecule has 2 aliphatic heterocycles. The van der Waals surface area contributed by atoms with Crippen molar-refractivity contribution in [1.82, 2.24) is 4.90 Å². The third kappa shape index (κ3) is 4.86. The summed E-state index contributed by atoms with van der Waals surface area (Å²) in [6, 6.07) is 15.5. The zero-order chi connectivity index (χ0) is 26.1. The maximum atomic E-state index is 13.1. The van der Waals surface area contributed by atoms with Crippen molar-refractivity contribution in [3.05, 3.63) is 65.7 Å². The number of methoxy groups -OCH3 is 1. The molecule has 0 aromatic heterocycles. The van der Waals surface area contributed by atoms with E-state index in [0.717, 1.165) is 11.1 Å². The number of piperidine rings is 1. The second-order valence-corrected chi connectivity index (χ2v) is 8.86. The molecule has 2 heterocycles. The van der Waals surface area contributed by atoms with Crippen molar-refractivity contribution in [2.75, 3.05) is 30.8 Å². The zero-order valence-electron chi connectivity index (χ0n) is 20.0. The number of fused-ring (bicyclic) bond motifs is 2. The van der Waals surface area contributed by atoms with Gasteiger partial charge in [-0.25, -0.2) is 4.79 Å². The number of nitrogens with one attached hydrogen (secondary N) is 2. The first-order chi connectivity index (χ1) is 17.8. The van der Waals surface area contributed by atoms with Crippen LogP contribution in [0, 0.1) is 0 Å². The van der Waals surface area contributed by atoms with Gasteiger partial charge in [-0.2, -0.15) is 0 Å². The lowest BCUT2D eigenvalue weighted by Gasteiger charge is -2.31. The number of ether oxygens (including phenoxy) is 2. The van der Waals surface area contributed by atoms with Crippen molar-refractivity contribution in [3.63, 3.8) is 0 Å². The number of carbonyl (C=O) groups excluding carboxylic acids is 2. The Morgan fingerprint density at radius 2 is 1.65 bits per heavy atom. The van der Waals surface area contributed by atoms with E-state index in [1.807, 2.05) is 12.1 Å². The van der Waals surface area contributed by atoms with Gasteiger partial charge in [-0.05, 0) is 53.6 Å². The molecule has 0 unspecified atom stereocenters. The highest BCUT2D eigenvalue weighted by atomic mass is 16.7. The minimum absolute atomic E-state index is 0.0377. The second-order valence-electron chi connectivity index (χ2n) is 8.86. The molecule has 0 atom stereocenters. The molecule has 0 spiro atoms. The van der Waals surface area contributed by atoms with Gasteiger partial charge < -0.3 is 35.2 Å². The summed E-state index contributed by atoms with van der Waals surface area (Å²) in [5.74, 6) is -0.126. The van der Waals surface area contributed by atoms with Gasteiger partial charge >= 0.3 is 6.16 Å². The number of anilines is 3. The van der Waals surface area contributed by atoms with Crippen LogP contribution in [0.3, 0.4) is 0 Å². The Morgan fingerprint density at radius 1 is 0.919 bits per heavy atom. The molecule has 2 aliphatic rings. The van der Waals surface area contributed by atoms with Crippen LogP contribution in [-0.2, 0) is 4.74 Å². The molecule has 1 fully saturated rings. The van der Waals surface area contributed by atoms with Crippen LogP contribution >= 0.6 is 0 Å². The van der Waals surface area contributed by atoms with Crippen molar-refractivity contribution >= 4 is 35.0 Å². The molecule has 5 rings (SSSR count). The van der Waals surface area contributed by atoms with E-state index in [0.29, 0.717) is 59.9 Å². The Kier molecular flexibility index (Phi) is 6.31. The second kappa shape index (κ2) is 9.73. The standard InChI is InChI=1S/C27H25N3O7/c1-36-24-14-16(4-7-23(24)31)15-2-5-19-21(12-15)28-20-6-3-17(13-22(20)29-25(19)32)26(33)30-10-8-18(9-11-30)37-27(34)35/h2-7,12-14,18,28,31H,8-11H2,1H3,(H,29,32)(H,34,35). The molecule has 3 aromatic rings. The number of phenols is 1. The smallest absolute Gasteiger partial charge is 0.504 e. The molecule has 0 radical (unpaired) electrons. The maximum Gasteiger partial charge on any atom is 0.506 e. The first kappa shape index (κ1) is 24.0. The first-order valence-electron chi connectivity index (χ1n) is 11.7. The molecule has 37 heavy (non-hydrogen) atoms. The number of hydrogen-bond donors (Lipinski definition) is 4. The molecule has 0 bridgehead atoms. The van der Waals surface area contributed by atoms with Crippen LogP contribution < -0.4 is 15.4 Å². The number of phenolic OH excluding ortho intramolecular Hbond substituents is 1. The molecular formula is C27H25N3O7. The fourth-order valence-corrected chi connectivity index (χ4v) is 4.61. The molecule has 1 saturated heterocycles. The highest BCUT2D eigenvalue weighted by Crippen LogP contribution is 2.37. The van der Waals surface area contributed by atoms with E-state index in [4.69, 9.17) is 14.6 Å². The fraction of sp³-hybridized carbons (Fsp3) is 0.222. The Morgan fingerprint density at radius 3 is 2.38 bits per heavy atom. The lowest BCUT2D eigenvalue weighted by atomic mass is 10.0. The van der Waals surface area contributed by atoms with E-state index in [2.05, 4.69) is 10.6 Å². The van der Waals surface area contributed by atoms with E-state index in [-0.39, 0.29) is 17.6 Å². The van der Waals surface area contributed by atoms with E-state index >= 15 is 0 Å². The average molecular weight is 504 g/mol. The van der Waals surface area contributed by atoms with E-state index in [1.165, 1.54) is 7.11 Å². The summed E-state index contributed by atoms with van der Waals surface area (Å²) in [5.41, 5.74) is 4.20. The average Bonchev–Trinajstić information content (AvgIpc) is 3.03. The van der Waals surface area contributed by atoms with Gasteiger partial charge in [-0.3, -0.25) is 9.59 Å². The van der Waals surface area contributed by atoms with Gasteiger partial charge in [-0.15, -0.1) is 0 Å². The third-order valence-electron chi connectivity index (χ3n) is 6.56. The number of aromatic hydroxyl groups is 1. The largest absolute Gasteiger partial charge is 0.506 e. The monoisotopic (exact) mass is 503 g/mol. The Labute approximate surface area is 212 Å². The molecule has 0 saturated carbocycles. The number of nitrogens with zero attached hydrogens (tertiary/aromatic N) is 1. The van der Waals surface area contributed by atoms with Gasteiger partial charge in [0, 0.05) is 31.5 Å². The Bertz CT molecular complexity index is 1400. The van der Waals surface area contributed by atoms with Crippen LogP contribution in [0.1, 0.15) is 33.6 Å². The summed E-state index contributed by atoms with van der Waals surface area (Å²) in [5, 5.41) is 24.9. The van der Waals surface area contributed by atoms with Gasteiger partial charge in [0.1, 0.15) is 6.10 Å². The summed E-state index contributed by atoms with van der Waals surface area (Å²) in [6.07, 6.45) is -0.852. The van der Waals surface area contributed by atoms with Crippen molar-refractivity contribution in [2.24, 2.45) is 0 Å². The van der Waals surface area contributed by atoms with E-state index < -0.39 is 12.3 Å². The number of carboxylic acid groups (broad SMARTS) is 1. The van der Waals surface area contributed by atoms with Crippen LogP contribution in [0.25, 0.3) is 11.1 Å². The normalized spacial score (nSPS) is 14.9. The van der Waals surface area contributed by atoms with Crippen molar-refractivity contribution in [3.8, 4) is 22.6 Å². The van der Waals surface area contributed by atoms with Crippen LogP contribution in [0.5, 0.6) is 11.5 Å². The summed E-state index contributed by atoms with van der Waals surface area (Å²) in [6.45, 7) is 0.767. The van der Waals surface area contributed by atoms with Crippen LogP contribution in [-0.4, -0.2) is 59.4 Å². The number of carbonyl (C=O) groups is 3. The molecule has 10 nitrogen and oxygen atoms in total. The highest BCUT2D eigenvalue weighted by molar-refractivity contribution is 6.13. The van der Waals surface area contributed by atoms with Gasteiger partial charge in [0.2, 0.25) is 0 Å². The molecule has 190 valence electrons. The van der Waals surface area contributed by atoms with Gasteiger partial charge in [-0.1, -0.05) is 12.1 Å². The Balaban J connectivity index is 1.37. The lowest BCUT2D eigenvalue weighted by Crippen LogP contribution is -2.41. The van der Waals surface area contributed by atoms with Crippen LogP contribution in [0.15, 0.2) is 54.6 Å². The predicted molar refractivity (Wildman–Crippen MR) is 136 cm³/mol. The van der Waals surface area contributed by atoms with Crippen LogP contribution in [0.4, 0.5) is 21.9 Å². The quantitative estimate of drug-likeness (QED) is 0.377. The number of amides is 2. The van der Waals surface area contributed by atoms with Crippen LogP contribution in [0.2, 0.25) is 0 Å². The summed E-state index contributed by atoms with van der Waals surface area (Å²) >= 11 is 0. The number of hydrogen-bond acceptors (Lipinski definition) is 7. The van der Waals surface area contributed by atoms with Crippen molar-refractivity contribution < 1.29 is 34.1 Å². The minimum Gasteiger partial charge on any atom is -0.504 e. The van der Waals surface area contributed by atoms with E-state index in [1.54, 1.807) is 47.4 Å². The number of likely N-dealkylation sites (tertiary alicyclic amines) is 1. The van der Waals surface area contributed by atoms with E-state index in [9.17, 15) is 19.5 Å². The molecule has 3 aromatic carbocycles. The SMILES string of the molecule is COc1cc(-c2ccc3c(c2)Nc2ccc(C(=O)N4CCC(OC(=O)O)CC4)cc2NC3=O)ccc1O. The minimum atomic E-state index is -1.31. The van der Waals surface area contributed by atoms with Gasteiger partial charge in [0.25, 0.3) is 11.8 Å². The summed E-state index contributed by atoms with van der Waals surface area (Å²) in [4.78, 5) is 38.5. The molecule has 2 amide bonds. The molecule has 4 N–H and O–H groups in total. The first-order valence-corrected chi connectivity index (χ1v) is 11.7. The molecular weight excluding hydrogens is 478 g/mol. The summed E-state index contributed by atoms with van der Waals surface area (Å²) in [7, 11) is 1.48. The molecule has 0 aliphatic carbocycles.